The van der Waals surface area contributed by atoms with E-state index in [0.29, 0.717) is 17.6 Å². The maximum absolute atomic E-state index is 16.5. The van der Waals surface area contributed by atoms with Crippen molar-refractivity contribution in [2.24, 2.45) is 0 Å². The summed E-state index contributed by atoms with van der Waals surface area (Å²) in [6.07, 6.45) is 2.66. The third kappa shape index (κ3) is 6.08. The van der Waals surface area contributed by atoms with Gasteiger partial charge in [-0.05, 0) is 58.8 Å². The summed E-state index contributed by atoms with van der Waals surface area (Å²) in [5.41, 5.74) is -0.454. The lowest BCUT2D eigenvalue weighted by Gasteiger charge is -2.19. The summed E-state index contributed by atoms with van der Waals surface area (Å²) in [5, 5.41) is 13.1. The number of likely N-dealkylation sites (tertiary alicyclic amines) is 1. The number of aromatic nitrogens is 2. The van der Waals surface area contributed by atoms with Crippen molar-refractivity contribution in [3.8, 4) is 23.2 Å². The van der Waals surface area contributed by atoms with Crippen LogP contribution in [0.1, 0.15) is 44.7 Å². The van der Waals surface area contributed by atoms with Crippen molar-refractivity contribution in [1.29, 1.82) is 5.26 Å². The summed E-state index contributed by atoms with van der Waals surface area (Å²) in [6.45, 7) is 6.39. The van der Waals surface area contributed by atoms with Crippen LogP contribution < -0.4 is 10.1 Å². The van der Waals surface area contributed by atoms with Crippen molar-refractivity contribution >= 4 is 55.0 Å². The Morgan fingerprint density at radius 1 is 1.33 bits per heavy atom. The predicted molar refractivity (Wildman–Crippen MR) is 162 cm³/mol. The van der Waals surface area contributed by atoms with Gasteiger partial charge in [0.1, 0.15) is 34.6 Å². The number of fused-ring (bicyclic) bond motifs is 2. The average Bonchev–Trinajstić information content (AvgIpc) is 3.53. The number of amides is 1. The maximum Gasteiger partial charge on any atom is 0.412 e. The molecule has 2 aromatic heterocycles. The number of nitriles is 1. The molecule has 13 heteroatoms. The van der Waals surface area contributed by atoms with Crippen LogP contribution in [0.4, 0.5) is 18.6 Å². The van der Waals surface area contributed by atoms with E-state index in [0.717, 1.165) is 36.8 Å². The Morgan fingerprint density at radius 2 is 2.09 bits per heavy atom. The molecule has 1 saturated heterocycles. The number of carbonyl (C=O) groups excluding carboxylic acids is 1. The number of thiophene rings is 1. The molecule has 1 fully saturated rings. The summed E-state index contributed by atoms with van der Waals surface area (Å²) < 4.78 is 48.3. The molecule has 3 heterocycles. The van der Waals surface area contributed by atoms with E-state index in [2.05, 4.69) is 20.2 Å². The molecule has 1 aliphatic heterocycles. The molecule has 0 spiro atoms. The van der Waals surface area contributed by atoms with Crippen molar-refractivity contribution in [3.63, 3.8) is 0 Å². The van der Waals surface area contributed by atoms with Crippen LogP contribution in [0.15, 0.2) is 18.3 Å². The molecule has 226 valence electrons. The van der Waals surface area contributed by atoms with E-state index in [1.807, 2.05) is 13.1 Å². The second-order valence-electron chi connectivity index (χ2n) is 11.3. The minimum absolute atomic E-state index is 0.00125. The zero-order valence-corrected chi connectivity index (χ0v) is 25.9. The minimum Gasteiger partial charge on any atom is -0.462 e. The topological polar surface area (TPSA) is 110 Å². The highest BCUT2D eigenvalue weighted by Crippen LogP contribution is 2.47. The van der Waals surface area contributed by atoms with Gasteiger partial charge < -0.3 is 19.1 Å². The van der Waals surface area contributed by atoms with E-state index in [1.54, 1.807) is 20.8 Å². The molecule has 4 aromatic rings. The number of carbonyl (C=O) groups is 1. The molecule has 2 aromatic carbocycles. The monoisotopic (exact) mass is 629 g/mol. The number of benzene rings is 2. The van der Waals surface area contributed by atoms with Gasteiger partial charge in [0, 0.05) is 41.2 Å². The van der Waals surface area contributed by atoms with Crippen LogP contribution in [-0.4, -0.2) is 59.9 Å². The third-order valence-corrected chi connectivity index (χ3v) is 8.69. The number of nitrogens with one attached hydrogen (secondary N) is 1. The largest absolute Gasteiger partial charge is 0.462 e. The van der Waals surface area contributed by atoms with Crippen LogP contribution >= 0.6 is 22.9 Å². The lowest BCUT2D eigenvalue weighted by atomic mass is 9.95. The standard InChI is InChI=1S/C30H30ClF2N5O4S/c1-30(2,3)42-29(39)37-27-17(11-34)21-16(8-9-20(32)26(21)43-27)22-23(31)19(14-40-5)18-12-35-28(36-25(18)24(22)33)41-13-15-7-6-10-38(15)4/h8-9,12,15H,6-7,10,13-14H2,1-5H3,(H,37,39)/t15-/m0/s1. The molecule has 1 atom stereocenters. The Kier molecular flexibility index (Phi) is 8.72. The smallest absolute Gasteiger partial charge is 0.412 e. The fraction of sp³-hybridized carbons (Fsp3) is 0.400. The van der Waals surface area contributed by atoms with E-state index in [-0.39, 0.29) is 61.0 Å². The number of hydrogen-bond acceptors (Lipinski definition) is 9. The summed E-state index contributed by atoms with van der Waals surface area (Å²) in [4.78, 5) is 23.4. The summed E-state index contributed by atoms with van der Waals surface area (Å²) in [7, 11) is 3.49. The van der Waals surface area contributed by atoms with Crippen molar-refractivity contribution in [1.82, 2.24) is 14.9 Å². The number of ether oxygens (including phenoxy) is 3. The van der Waals surface area contributed by atoms with Crippen molar-refractivity contribution in [3.05, 3.63) is 46.1 Å². The number of anilines is 1. The number of nitrogens with zero attached hydrogens (tertiary/aromatic N) is 4. The molecule has 0 radical (unpaired) electrons. The highest BCUT2D eigenvalue weighted by atomic mass is 35.5. The van der Waals surface area contributed by atoms with Crippen molar-refractivity contribution in [2.75, 3.05) is 32.6 Å². The lowest BCUT2D eigenvalue weighted by molar-refractivity contribution is 0.0636. The van der Waals surface area contributed by atoms with Crippen LogP contribution in [0.5, 0.6) is 6.01 Å². The molecule has 43 heavy (non-hydrogen) atoms. The quantitative estimate of drug-likeness (QED) is 0.227. The molecule has 1 amide bonds. The highest BCUT2D eigenvalue weighted by molar-refractivity contribution is 7.23. The molecule has 9 nitrogen and oxygen atoms in total. The molecule has 0 saturated carbocycles. The Morgan fingerprint density at radius 3 is 2.74 bits per heavy atom. The van der Waals surface area contributed by atoms with Gasteiger partial charge in [0.05, 0.1) is 21.9 Å². The molecule has 0 bridgehead atoms. The SMILES string of the molecule is COCc1c(Cl)c(-c2ccc(F)c3sc(NC(=O)OC(C)(C)C)c(C#N)c23)c(F)c2nc(OC[C@@H]3CCCN3C)ncc12. The molecular formula is C30H30ClF2N5O4S. The maximum atomic E-state index is 16.5. The normalized spacial score (nSPS) is 15.7. The molecule has 1 aliphatic rings. The van der Waals surface area contributed by atoms with Gasteiger partial charge in [0.25, 0.3) is 0 Å². The third-order valence-electron chi connectivity index (χ3n) is 7.16. The van der Waals surface area contributed by atoms with Gasteiger partial charge in [-0.15, -0.1) is 11.3 Å². The predicted octanol–water partition coefficient (Wildman–Crippen LogP) is 7.28. The van der Waals surface area contributed by atoms with E-state index in [9.17, 15) is 10.1 Å². The van der Waals surface area contributed by atoms with E-state index in [4.69, 9.17) is 25.8 Å². The van der Waals surface area contributed by atoms with E-state index < -0.39 is 23.3 Å². The van der Waals surface area contributed by atoms with Crippen LogP contribution in [0, 0.1) is 23.0 Å². The van der Waals surface area contributed by atoms with Gasteiger partial charge in [-0.2, -0.15) is 10.2 Å². The van der Waals surface area contributed by atoms with Crippen LogP contribution in [-0.2, 0) is 16.1 Å². The summed E-state index contributed by atoms with van der Waals surface area (Å²) >= 11 is 7.67. The minimum atomic E-state index is -0.817. The van der Waals surface area contributed by atoms with Gasteiger partial charge in [-0.1, -0.05) is 17.7 Å². The van der Waals surface area contributed by atoms with E-state index >= 15 is 8.78 Å². The molecule has 1 N–H and O–H groups in total. The Labute approximate surface area is 256 Å². The van der Waals surface area contributed by atoms with Crippen LogP contribution in [0.25, 0.3) is 32.1 Å². The fourth-order valence-corrected chi connectivity index (χ4v) is 6.57. The van der Waals surface area contributed by atoms with Gasteiger partial charge in [0.2, 0.25) is 0 Å². The van der Waals surface area contributed by atoms with Crippen molar-refractivity contribution in [2.45, 2.75) is 51.9 Å². The fourth-order valence-electron chi connectivity index (χ4n) is 5.16. The number of likely N-dealkylation sites (N-methyl/N-ethyl adjacent to an activating group) is 1. The first-order valence-electron chi connectivity index (χ1n) is 13.6. The van der Waals surface area contributed by atoms with Gasteiger partial charge in [0.15, 0.2) is 5.82 Å². The Bertz CT molecular complexity index is 1770. The molecule has 0 aliphatic carbocycles. The Balaban J connectivity index is 1.67. The lowest BCUT2D eigenvalue weighted by Crippen LogP contribution is -2.30. The van der Waals surface area contributed by atoms with Gasteiger partial charge >= 0.3 is 12.1 Å². The second-order valence-corrected chi connectivity index (χ2v) is 12.7. The number of methoxy groups -OCH3 is 1. The molecular weight excluding hydrogens is 600 g/mol. The number of rotatable bonds is 7. The number of hydrogen-bond donors (Lipinski definition) is 1. The number of halogens is 3. The average molecular weight is 630 g/mol. The van der Waals surface area contributed by atoms with E-state index in [1.165, 1.54) is 19.4 Å². The first kappa shape index (κ1) is 30.8. The molecule has 0 unspecified atom stereocenters. The first-order valence-corrected chi connectivity index (χ1v) is 14.8. The van der Waals surface area contributed by atoms with Crippen molar-refractivity contribution < 1.29 is 27.8 Å². The van der Waals surface area contributed by atoms with Crippen LogP contribution in [0.2, 0.25) is 5.02 Å². The molecule has 5 rings (SSSR count). The van der Waals surface area contributed by atoms with Crippen LogP contribution in [0.3, 0.4) is 0 Å². The zero-order chi connectivity index (χ0) is 31.1. The second kappa shape index (κ2) is 12.2. The first-order chi connectivity index (χ1) is 20.4. The van der Waals surface area contributed by atoms with Gasteiger partial charge in [-0.3, -0.25) is 5.32 Å². The zero-order valence-electron chi connectivity index (χ0n) is 24.3. The summed E-state index contributed by atoms with van der Waals surface area (Å²) in [5.74, 6) is -1.45. The Hall–Kier alpha value is -3.63. The highest BCUT2D eigenvalue weighted by Gasteiger charge is 2.28. The summed E-state index contributed by atoms with van der Waals surface area (Å²) in [6, 6.07) is 4.75. The van der Waals surface area contributed by atoms with Gasteiger partial charge in [-0.25, -0.2) is 18.6 Å².